The first kappa shape index (κ1) is 28.5. The predicted octanol–water partition coefficient (Wildman–Crippen LogP) is 2.35. The van der Waals surface area contributed by atoms with Crippen LogP contribution in [0.3, 0.4) is 0 Å². The Morgan fingerprint density at radius 3 is 2.37 bits per heavy atom. The summed E-state index contributed by atoms with van der Waals surface area (Å²) in [5.41, 5.74) is -0.624. The van der Waals surface area contributed by atoms with Crippen molar-refractivity contribution in [1.29, 1.82) is 0 Å². The molecule has 2 aromatic rings. The van der Waals surface area contributed by atoms with Gasteiger partial charge in [0.1, 0.15) is 12.6 Å². The number of benzene rings is 2. The molecular weight excluding hydrogens is 546 g/mol. The van der Waals surface area contributed by atoms with E-state index in [0.29, 0.717) is 11.6 Å². The lowest BCUT2D eigenvalue weighted by Gasteiger charge is -2.23. The van der Waals surface area contributed by atoms with Gasteiger partial charge in [-0.2, -0.15) is 8.42 Å². The number of rotatable bonds is 9. The zero-order valence-electron chi connectivity index (χ0n) is 19.3. The summed E-state index contributed by atoms with van der Waals surface area (Å²) in [4.78, 5) is 59.7. The summed E-state index contributed by atoms with van der Waals surface area (Å²) in [5.74, 6) is -2.87. The van der Waals surface area contributed by atoms with E-state index >= 15 is 0 Å². The average molecular weight is 568 g/mol. The van der Waals surface area contributed by atoms with Gasteiger partial charge in [-0.05, 0) is 48.2 Å². The zero-order chi connectivity index (χ0) is 28.2. The van der Waals surface area contributed by atoms with Gasteiger partial charge in [0.15, 0.2) is 5.12 Å². The quantitative estimate of drug-likeness (QED) is 0.149. The standard InChI is InChI=1S/C22H21N3O11S2/c26-19(37)8-13-7-18(20(27)23-17-6-5-15(38(33,34)35)9-16(17)21(28)29)24(10-13)22(30)36-11-12-1-3-14(4-2-12)25(31)32/h1-6,9,13,18H,7-8,10-11H2,(H,23,27)(H,26,37)(H,28,29)(H,33,34,35)/t13-,18-/m0/s1. The molecule has 2 amide bonds. The number of carboxylic acids is 1. The topological polar surface area (TPSA) is 211 Å². The molecule has 1 aliphatic heterocycles. The van der Waals surface area contributed by atoms with E-state index in [0.717, 1.165) is 17.0 Å². The van der Waals surface area contributed by atoms with Gasteiger partial charge >= 0.3 is 12.1 Å². The fourth-order valence-electron chi connectivity index (χ4n) is 3.90. The number of carbonyl (C=O) groups is 4. The van der Waals surface area contributed by atoms with Crippen LogP contribution in [0.1, 0.15) is 28.8 Å². The number of amides is 2. The number of likely N-dealkylation sites (tertiary alicyclic amines) is 1. The van der Waals surface area contributed by atoms with Crippen LogP contribution in [0.4, 0.5) is 16.2 Å². The fraction of sp³-hybridized carbons (Fsp3) is 0.273. The van der Waals surface area contributed by atoms with Crippen molar-refractivity contribution >= 4 is 57.2 Å². The van der Waals surface area contributed by atoms with Crippen molar-refractivity contribution in [1.82, 2.24) is 4.90 Å². The van der Waals surface area contributed by atoms with Crippen LogP contribution >= 0.6 is 12.6 Å². The minimum Gasteiger partial charge on any atom is -0.478 e. The van der Waals surface area contributed by atoms with Gasteiger partial charge in [-0.15, -0.1) is 12.6 Å². The number of nitrogens with zero attached hydrogens (tertiary/aromatic N) is 2. The van der Waals surface area contributed by atoms with Crippen molar-refractivity contribution in [2.75, 3.05) is 11.9 Å². The second-order valence-corrected chi connectivity index (χ2v) is 10.2. The molecule has 1 saturated heterocycles. The highest BCUT2D eigenvalue weighted by Gasteiger charge is 2.41. The van der Waals surface area contributed by atoms with Crippen LogP contribution in [0.2, 0.25) is 0 Å². The van der Waals surface area contributed by atoms with Crippen molar-refractivity contribution in [2.45, 2.75) is 30.4 Å². The Morgan fingerprint density at radius 1 is 1.16 bits per heavy atom. The number of nitro groups is 1. The van der Waals surface area contributed by atoms with Gasteiger partial charge in [0.2, 0.25) is 5.91 Å². The average Bonchev–Trinajstić information content (AvgIpc) is 3.25. The lowest BCUT2D eigenvalue weighted by Crippen LogP contribution is -2.43. The Balaban J connectivity index is 1.79. The van der Waals surface area contributed by atoms with Gasteiger partial charge in [-0.1, -0.05) is 0 Å². The maximum Gasteiger partial charge on any atom is 0.410 e. The highest BCUT2D eigenvalue weighted by Crippen LogP contribution is 2.29. The van der Waals surface area contributed by atoms with Gasteiger partial charge in [0.05, 0.1) is 21.1 Å². The van der Waals surface area contributed by atoms with Gasteiger partial charge in [-0.25, -0.2) is 9.59 Å². The second-order valence-electron chi connectivity index (χ2n) is 8.32. The molecule has 0 radical (unpaired) electrons. The summed E-state index contributed by atoms with van der Waals surface area (Å²) in [7, 11) is -4.71. The summed E-state index contributed by atoms with van der Waals surface area (Å²) in [6.45, 7) is -0.310. The van der Waals surface area contributed by atoms with Crippen molar-refractivity contribution in [2.24, 2.45) is 5.92 Å². The van der Waals surface area contributed by atoms with Crippen molar-refractivity contribution in [3.8, 4) is 0 Å². The van der Waals surface area contributed by atoms with Gasteiger partial charge in [-0.3, -0.25) is 29.2 Å². The number of non-ortho nitro benzene ring substituents is 1. The molecule has 14 nitrogen and oxygen atoms in total. The van der Waals surface area contributed by atoms with Gasteiger partial charge in [0.25, 0.3) is 15.8 Å². The summed E-state index contributed by atoms with van der Waals surface area (Å²) in [6.07, 6.45) is -0.948. The molecule has 2 aromatic carbocycles. The first-order chi connectivity index (χ1) is 17.8. The van der Waals surface area contributed by atoms with E-state index < -0.39 is 60.5 Å². The van der Waals surface area contributed by atoms with Crippen LogP contribution in [0, 0.1) is 16.0 Å². The number of anilines is 1. The van der Waals surface area contributed by atoms with E-state index in [2.05, 4.69) is 17.9 Å². The molecule has 38 heavy (non-hydrogen) atoms. The molecule has 1 aliphatic rings. The summed E-state index contributed by atoms with van der Waals surface area (Å²) in [5, 5.41) is 22.1. The van der Waals surface area contributed by atoms with Crippen LogP contribution in [0.5, 0.6) is 0 Å². The smallest absolute Gasteiger partial charge is 0.410 e. The molecule has 16 heteroatoms. The largest absolute Gasteiger partial charge is 0.478 e. The van der Waals surface area contributed by atoms with E-state index in [1.165, 1.54) is 24.3 Å². The highest BCUT2D eigenvalue weighted by molar-refractivity contribution is 7.96. The number of carboxylic acid groups (broad SMARTS) is 1. The monoisotopic (exact) mass is 567 g/mol. The van der Waals surface area contributed by atoms with Crippen molar-refractivity contribution in [3.05, 3.63) is 63.7 Å². The molecule has 0 aromatic heterocycles. The number of hydrogen-bond acceptors (Lipinski definition) is 9. The maximum absolute atomic E-state index is 13.1. The minimum atomic E-state index is -4.71. The number of nitro benzene ring substituents is 1. The Hall–Kier alpha value is -4.02. The highest BCUT2D eigenvalue weighted by atomic mass is 32.2. The van der Waals surface area contributed by atoms with Crippen LogP contribution in [-0.2, 0) is 31.1 Å². The van der Waals surface area contributed by atoms with Crippen LogP contribution in [-0.4, -0.2) is 63.6 Å². The van der Waals surface area contributed by atoms with E-state index in [-0.39, 0.29) is 37.4 Å². The number of ether oxygens (including phenoxy) is 1. The molecule has 0 spiro atoms. The molecule has 202 valence electrons. The number of hydrogen-bond donors (Lipinski definition) is 4. The Bertz CT molecular complexity index is 1390. The van der Waals surface area contributed by atoms with Gasteiger partial charge in [0, 0.05) is 25.1 Å². The molecule has 3 N–H and O–H groups in total. The third kappa shape index (κ3) is 7.05. The lowest BCUT2D eigenvalue weighted by atomic mass is 10.0. The molecule has 3 rings (SSSR count). The summed E-state index contributed by atoms with van der Waals surface area (Å²) >= 11 is 3.74. The third-order valence-corrected chi connectivity index (χ3v) is 6.71. The normalized spacial score (nSPS) is 17.1. The Kier molecular flexibility index (Phi) is 8.70. The fourth-order valence-corrected chi connectivity index (χ4v) is 4.66. The SMILES string of the molecule is O=C(S)C[C@@H]1C[C@@H](C(=O)Nc2ccc(S(=O)(=O)O)cc2C(=O)O)N(C(=O)OCc2ccc([N+](=O)[O-])cc2)C1. The summed E-state index contributed by atoms with van der Waals surface area (Å²) < 4.78 is 37.1. The van der Waals surface area contributed by atoms with Gasteiger partial charge < -0.3 is 15.2 Å². The molecule has 1 fully saturated rings. The third-order valence-electron chi connectivity index (χ3n) is 5.67. The molecule has 0 aliphatic carbocycles. The second kappa shape index (κ2) is 11.6. The first-order valence-corrected chi connectivity index (χ1v) is 12.7. The number of nitrogens with one attached hydrogen (secondary N) is 1. The number of carbonyl (C=O) groups excluding carboxylic acids is 3. The van der Waals surface area contributed by atoms with Crippen molar-refractivity contribution in [3.63, 3.8) is 0 Å². The molecular formula is C22H21N3O11S2. The lowest BCUT2D eigenvalue weighted by molar-refractivity contribution is -0.384. The van der Waals surface area contributed by atoms with Crippen LogP contribution < -0.4 is 5.32 Å². The summed E-state index contributed by atoms with van der Waals surface area (Å²) in [6, 6.07) is 6.61. The minimum absolute atomic E-state index is 0.0241. The van der Waals surface area contributed by atoms with Crippen molar-refractivity contribution < 1.29 is 46.9 Å². The molecule has 0 bridgehead atoms. The van der Waals surface area contributed by atoms with E-state index in [1.54, 1.807) is 0 Å². The van der Waals surface area contributed by atoms with Crippen LogP contribution in [0.15, 0.2) is 47.4 Å². The molecule has 2 atom stereocenters. The molecule has 0 saturated carbocycles. The number of thiol groups is 1. The van der Waals surface area contributed by atoms with Crippen LogP contribution in [0.25, 0.3) is 0 Å². The zero-order valence-corrected chi connectivity index (χ0v) is 21.1. The molecule has 1 heterocycles. The first-order valence-electron chi connectivity index (χ1n) is 10.8. The number of aromatic carboxylic acids is 1. The predicted molar refractivity (Wildman–Crippen MR) is 132 cm³/mol. The van der Waals surface area contributed by atoms with E-state index in [1.807, 2.05) is 0 Å². The van der Waals surface area contributed by atoms with E-state index in [4.69, 9.17) is 4.74 Å². The Labute approximate surface area is 220 Å². The van der Waals surface area contributed by atoms with E-state index in [9.17, 15) is 47.4 Å². The maximum atomic E-state index is 13.1. The molecule has 0 unspecified atom stereocenters. The Morgan fingerprint density at radius 2 is 1.82 bits per heavy atom.